The largest absolute Gasteiger partial charge is 0.361 e. The molecule has 0 aliphatic rings. The van der Waals surface area contributed by atoms with Crippen LogP contribution in [0.2, 0.25) is 0 Å². The summed E-state index contributed by atoms with van der Waals surface area (Å²) in [6.07, 6.45) is 2.74. The number of benzene rings is 1. The van der Waals surface area contributed by atoms with Crippen molar-refractivity contribution >= 4 is 17.7 Å². The van der Waals surface area contributed by atoms with Crippen LogP contribution in [0.1, 0.15) is 34.3 Å². The summed E-state index contributed by atoms with van der Waals surface area (Å²) >= 11 is 1.71. The summed E-state index contributed by atoms with van der Waals surface area (Å²) in [6, 6.07) is 8.24. The van der Waals surface area contributed by atoms with Gasteiger partial charge in [0.1, 0.15) is 11.3 Å². The minimum Gasteiger partial charge on any atom is -0.361 e. The van der Waals surface area contributed by atoms with Crippen LogP contribution in [0.5, 0.6) is 0 Å². The fourth-order valence-electron chi connectivity index (χ4n) is 2.20. The molecule has 21 heavy (non-hydrogen) atoms. The molecule has 4 nitrogen and oxygen atoms in total. The molecule has 5 heteroatoms. The number of aryl methyl sites for hydroxylation is 2. The number of carbonyl (C=O) groups is 1. The molecular formula is C16H20N2O2S. The van der Waals surface area contributed by atoms with Crippen LogP contribution in [0.4, 0.5) is 0 Å². The molecule has 0 saturated heterocycles. The van der Waals surface area contributed by atoms with Crippen molar-refractivity contribution in [2.75, 3.05) is 13.3 Å². The lowest BCUT2D eigenvalue weighted by atomic mass is 10.1. The Bertz CT molecular complexity index is 620. The van der Waals surface area contributed by atoms with Crippen LogP contribution >= 0.6 is 11.8 Å². The van der Waals surface area contributed by atoms with Crippen molar-refractivity contribution in [3.8, 4) is 0 Å². The van der Waals surface area contributed by atoms with Gasteiger partial charge in [0.05, 0.1) is 5.69 Å². The summed E-state index contributed by atoms with van der Waals surface area (Å²) in [5.41, 5.74) is 2.43. The van der Waals surface area contributed by atoms with Gasteiger partial charge in [0.15, 0.2) is 0 Å². The molecule has 1 amide bonds. The molecule has 0 bridgehead atoms. The molecular weight excluding hydrogens is 284 g/mol. The molecule has 0 aliphatic heterocycles. The molecule has 0 radical (unpaired) electrons. The van der Waals surface area contributed by atoms with E-state index in [1.54, 1.807) is 30.6 Å². The fourth-order valence-corrected chi connectivity index (χ4v) is 2.61. The second-order valence-corrected chi connectivity index (χ2v) is 5.80. The number of carbonyl (C=O) groups excluding carboxylic acids is 1. The van der Waals surface area contributed by atoms with E-state index in [-0.39, 0.29) is 5.91 Å². The van der Waals surface area contributed by atoms with Gasteiger partial charge in [0, 0.05) is 18.5 Å². The average Bonchev–Trinajstić information content (AvgIpc) is 2.88. The zero-order chi connectivity index (χ0) is 15.4. The molecule has 0 fully saturated rings. The van der Waals surface area contributed by atoms with Crippen molar-refractivity contribution in [2.24, 2.45) is 0 Å². The van der Waals surface area contributed by atoms with Gasteiger partial charge in [0.2, 0.25) is 0 Å². The SMILES string of the molecule is CCc1noc(C)c1C(=O)N(C)Cc1ccc(SC)cc1. The van der Waals surface area contributed by atoms with E-state index in [0.717, 1.165) is 11.3 Å². The Morgan fingerprint density at radius 3 is 2.57 bits per heavy atom. The van der Waals surface area contributed by atoms with E-state index < -0.39 is 0 Å². The first-order valence-electron chi connectivity index (χ1n) is 6.90. The average molecular weight is 304 g/mol. The number of amides is 1. The van der Waals surface area contributed by atoms with E-state index in [9.17, 15) is 4.79 Å². The predicted molar refractivity (Wildman–Crippen MR) is 84.6 cm³/mol. The van der Waals surface area contributed by atoms with E-state index in [4.69, 9.17) is 4.52 Å². The topological polar surface area (TPSA) is 46.3 Å². The molecule has 1 aromatic carbocycles. The van der Waals surface area contributed by atoms with Gasteiger partial charge in [-0.3, -0.25) is 4.79 Å². The van der Waals surface area contributed by atoms with Crippen LogP contribution in [0.15, 0.2) is 33.7 Å². The molecule has 0 spiro atoms. The molecule has 0 aliphatic carbocycles. The monoisotopic (exact) mass is 304 g/mol. The Labute approximate surface area is 129 Å². The lowest BCUT2D eigenvalue weighted by Gasteiger charge is -2.17. The highest BCUT2D eigenvalue weighted by atomic mass is 32.2. The van der Waals surface area contributed by atoms with Gasteiger partial charge in [-0.05, 0) is 37.3 Å². The number of hydrogen-bond acceptors (Lipinski definition) is 4. The Hall–Kier alpha value is -1.75. The van der Waals surface area contributed by atoms with Crippen molar-refractivity contribution in [1.82, 2.24) is 10.1 Å². The number of aromatic nitrogens is 1. The van der Waals surface area contributed by atoms with E-state index in [2.05, 4.69) is 29.4 Å². The summed E-state index contributed by atoms with van der Waals surface area (Å²) in [6.45, 7) is 4.32. The molecule has 0 N–H and O–H groups in total. The second kappa shape index (κ2) is 6.80. The van der Waals surface area contributed by atoms with Crippen LogP contribution in [0, 0.1) is 6.92 Å². The van der Waals surface area contributed by atoms with Gasteiger partial charge >= 0.3 is 0 Å². The van der Waals surface area contributed by atoms with Gasteiger partial charge in [-0.15, -0.1) is 11.8 Å². The molecule has 0 unspecified atom stereocenters. The smallest absolute Gasteiger partial charge is 0.259 e. The Morgan fingerprint density at radius 1 is 1.33 bits per heavy atom. The van der Waals surface area contributed by atoms with Crippen molar-refractivity contribution < 1.29 is 9.32 Å². The molecule has 1 heterocycles. The van der Waals surface area contributed by atoms with Crippen molar-refractivity contribution in [3.05, 3.63) is 46.8 Å². The molecule has 112 valence electrons. The summed E-state index contributed by atoms with van der Waals surface area (Å²) in [5.74, 6) is 0.543. The summed E-state index contributed by atoms with van der Waals surface area (Å²) in [4.78, 5) is 15.5. The first-order valence-corrected chi connectivity index (χ1v) is 8.12. The van der Waals surface area contributed by atoms with E-state index in [1.165, 1.54) is 4.90 Å². The second-order valence-electron chi connectivity index (χ2n) is 4.92. The summed E-state index contributed by atoms with van der Waals surface area (Å²) in [7, 11) is 1.80. The molecule has 1 aromatic heterocycles. The Kier molecular flexibility index (Phi) is 5.07. The lowest BCUT2D eigenvalue weighted by Crippen LogP contribution is -2.27. The maximum atomic E-state index is 12.6. The van der Waals surface area contributed by atoms with Crippen molar-refractivity contribution in [2.45, 2.75) is 31.7 Å². The first-order chi connectivity index (χ1) is 10.1. The van der Waals surface area contributed by atoms with E-state index >= 15 is 0 Å². The molecule has 0 atom stereocenters. The summed E-state index contributed by atoms with van der Waals surface area (Å²) < 4.78 is 5.14. The lowest BCUT2D eigenvalue weighted by molar-refractivity contribution is 0.0782. The Balaban J connectivity index is 2.13. The molecule has 2 rings (SSSR count). The van der Waals surface area contributed by atoms with Gasteiger partial charge in [0.25, 0.3) is 5.91 Å². The minimum absolute atomic E-state index is 0.0421. The third-order valence-electron chi connectivity index (χ3n) is 3.41. The standard InChI is InChI=1S/C16H20N2O2S/c1-5-14-15(11(2)20-17-14)16(19)18(3)10-12-6-8-13(21-4)9-7-12/h6-9H,5,10H2,1-4H3. The predicted octanol–water partition coefficient (Wildman–Crippen LogP) is 3.54. The maximum Gasteiger partial charge on any atom is 0.259 e. The normalized spacial score (nSPS) is 10.7. The van der Waals surface area contributed by atoms with Crippen molar-refractivity contribution in [1.29, 1.82) is 0 Å². The van der Waals surface area contributed by atoms with Crippen LogP contribution in [-0.2, 0) is 13.0 Å². The van der Waals surface area contributed by atoms with Crippen LogP contribution < -0.4 is 0 Å². The zero-order valence-electron chi connectivity index (χ0n) is 12.8. The van der Waals surface area contributed by atoms with Gasteiger partial charge < -0.3 is 9.42 Å². The third kappa shape index (κ3) is 3.47. The maximum absolute atomic E-state index is 12.6. The van der Waals surface area contributed by atoms with Gasteiger partial charge in [-0.2, -0.15) is 0 Å². The van der Waals surface area contributed by atoms with E-state index in [1.807, 2.05) is 13.2 Å². The third-order valence-corrected chi connectivity index (χ3v) is 4.15. The van der Waals surface area contributed by atoms with E-state index in [0.29, 0.717) is 24.3 Å². The number of rotatable bonds is 5. The first kappa shape index (κ1) is 15.6. The highest BCUT2D eigenvalue weighted by Gasteiger charge is 2.22. The quantitative estimate of drug-likeness (QED) is 0.793. The highest BCUT2D eigenvalue weighted by molar-refractivity contribution is 7.98. The number of nitrogens with zero attached hydrogens (tertiary/aromatic N) is 2. The van der Waals surface area contributed by atoms with Crippen LogP contribution in [0.25, 0.3) is 0 Å². The molecule has 0 saturated carbocycles. The highest BCUT2D eigenvalue weighted by Crippen LogP contribution is 2.19. The minimum atomic E-state index is -0.0421. The number of hydrogen-bond donors (Lipinski definition) is 0. The van der Waals surface area contributed by atoms with Crippen LogP contribution in [-0.4, -0.2) is 29.3 Å². The van der Waals surface area contributed by atoms with Gasteiger partial charge in [-0.1, -0.05) is 24.2 Å². The number of thioether (sulfide) groups is 1. The van der Waals surface area contributed by atoms with Crippen molar-refractivity contribution in [3.63, 3.8) is 0 Å². The zero-order valence-corrected chi connectivity index (χ0v) is 13.7. The Morgan fingerprint density at radius 2 is 2.00 bits per heavy atom. The summed E-state index contributed by atoms with van der Waals surface area (Å²) in [5, 5.41) is 3.94. The molecule has 2 aromatic rings. The van der Waals surface area contributed by atoms with Gasteiger partial charge in [-0.25, -0.2) is 0 Å². The van der Waals surface area contributed by atoms with Crippen LogP contribution in [0.3, 0.4) is 0 Å². The fraction of sp³-hybridized carbons (Fsp3) is 0.375.